The molecule has 0 saturated carbocycles. The Hall–Kier alpha value is -1.07. The Bertz CT molecular complexity index is 437. The average Bonchev–Trinajstić information content (AvgIpc) is 2.16. The third kappa shape index (κ3) is 3.21. The number of rotatable bonds is 3. The molecule has 6 heteroatoms. The Morgan fingerprint density at radius 2 is 2.12 bits per heavy atom. The second-order valence-electron chi connectivity index (χ2n) is 3.22. The zero-order valence-electron chi connectivity index (χ0n) is 8.46. The van der Waals surface area contributed by atoms with Gasteiger partial charge in [-0.1, -0.05) is 11.6 Å². The van der Waals surface area contributed by atoms with Crippen molar-refractivity contribution in [2.24, 2.45) is 5.73 Å². The zero-order chi connectivity index (χ0) is 12.3. The van der Waals surface area contributed by atoms with Gasteiger partial charge in [0.05, 0.1) is 5.56 Å². The first-order chi connectivity index (χ1) is 7.41. The molecule has 1 rings (SSSR count). The number of nitrogens with two attached hydrogens (primary N) is 1. The van der Waals surface area contributed by atoms with E-state index in [0.717, 1.165) is 0 Å². The molecule has 0 aliphatic heterocycles. The molecule has 1 aromatic carbocycles. The predicted molar refractivity (Wildman–Crippen MR) is 65.3 cm³/mol. The van der Waals surface area contributed by atoms with Crippen molar-refractivity contribution in [3.05, 3.63) is 33.3 Å². The van der Waals surface area contributed by atoms with Crippen LogP contribution in [0.4, 0.5) is 0 Å². The minimum atomic E-state index is -0.713. The van der Waals surface area contributed by atoms with Crippen molar-refractivity contribution >= 4 is 39.3 Å². The number of hydrogen-bond donors (Lipinski definition) is 2. The van der Waals surface area contributed by atoms with Crippen molar-refractivity contribution in [1.82, 2.24) is 5.32 Å². The van der Waals surface area contributed by atoms with E-state index in [-0.39, 0.29) is 5.91 Å². The summed E-state index contributed by atoms with van der Waals surface area (Å²) in [6, 6.07) is 4.05. The van der Waals surface area contributed by atoms with Crippen LogP contribution in [0.5, 0.6) is 0 Å². The summed E-state index contributed by atoms with van der Waals surface area (Å²) in [5, 5.41) is 2.99. The van der Waals surface area contributed by atoms with E-state index < -0.39 is 11.9 Å². The normalized spacial score (nSPS) is 11.9. The minimum absolute atomic E-state index is 0.380. The Morgan fingerprint density at radius 1 is 1.50 bits per heavy atom. The van der Waals surface area contributed by atoms with E-state index in [2.05, 4.69) is 21.2 Å². The van der Waals surface area contributed by atoms with E-state index in [4.69, 9.17) is 17.3 Å². The summed E-state index contributed by atoms with van der Waals surface area (Å²) < 4.78 is 0.564. The molecule has 1 aromatic rings. The molecule has 2 amide bonds. The van der Waals surface area contributed by atoms with Crippen LogP contribution in [-0.2, 0) is 4.79 Å². The molecule has 0 aliphatic carbocycles. The molecule has 86 valence electrons. The molecule has 3 N–H and O–H groups in total. The lowest BCUT2D eigenvalue weighted by molar-refractivity contribution is -0.119. The lowest BCUT2D eigenvalue weighted by Gasteiger charge is -2.11. The molecule has 16 heavy (non-hydrogen) atoms. The van der Waals surface area contributed by atoms with Gasteiger partial charge in [-0.15, -0.1) is 0 Å². The molecular weight excluding hydrogens is 295 g/mol. The van der Waals surface area contributed by atoms with Gasteiger partial charge in [-0.3, -0.25) is 9.59 Å². The molecule has 0 spiro atoms. The van der Waals surface area contributed by atoms with Gasteiger partial charge in [0.1, 0.15) is 6.04 Å². The van der Waals surface area contributed by atoms with Crippen molar-refractivity contribution in [2.45, 2.75) is 13.0 Å². The van der Waals surface area contributed by atoms with Crippen LogP contribution < -0.4 is 11.1 Å². The van der Waals surface area contributed by atoms with Crippen LogP contribution in [0.2, 0.25) is 5.02 Å². The fourth-order valence-electron chi connectivity index (χ4n) is 1.02. The Morgan fingerprint density at radius 3 is 2.62 bits per heavy atom. The topological polar surface area (TPSA) is 72.2 Å². The lowest BCUT2D eigenvalue weighted by Crippen LogP contribution is -2.42. The Labute approximate surface area is 106 Å². The van der Waals surface area contributed by atoms with Crippen molar-refractivity contribution < 1.29 is 9.59 Å². The van der Waals surface area contributed by atoms with Gasteiger partial charge in [0, 0.05) is 9.50 Å². The van der Waals surface area contributed by atoms with Gasteiger partial charge in [-0.25, -0.2) is 0 Å². The van der Waals surface area contributed by atoms with Crippen molar-refractivity contribution in [3.63, 3.8) is 0 Å². The summed E-state index contributed by atoms with van der Waals surface area (Å²) >= 11 is 8.96. The fraction of sp³-hybridized carbons (Fsp3) is 0.200. The molecule has 0 bridgehead atoms. The second kappa shape index (κ2) is 5.32. The molecule has 0 heterocycles. The highest BCUT2D eigenvalue weighted by Gasteiger charge is 2.15. The highest BCUT2D eigenvalue weighted by atomic mass is 79.9. The van der Waals surface area contributed by atoms with Crippen LogP contribution in [0, 0.1) is 0 Å². The monoisotopic (exact) mass is 304 g/mol. The summed E-state index contributed by atoms with van der Waals surface area (Å²) in [5.41, 5.74) is 5.44. The van der Waals surface area contributed by atoms with Gasteiger partial charge in [0.2, 0.25) is 5.91 Å². The van der Waals surface area contributed by atoms with E-state index in [1.807, 2.05) is 0 Å². The quantitative estimate of drug-likeness (QED) is 0.892. The van der Waals surface area contributed by atoms with Gasteiger partial charge in [0.25, 0.3) is 5.91 Å². The number of carbonyl (C=O) groups excluding carboxylic acids is 2. The van der Waals surface area contributed by atoms with E-state index in [1.54, 1.807) is 18.2 Å². The highest BCUT2D eigenvalue weighted by molar-refractivity contribution is 9.10. The van der Waals surface area contributed by atoms with Crippen LogP contribution in [0.1, 0.15) is 17.3 Å². The van der Waals surface area contributed by atoms with Crippen LogP contribution in [0.15, 0.2) is 22.7 Å². The fourth-order valence-corrected chi connectivity index (χ4v) is 1.88. The van der Waals surface area contributed by atoms with Gasteiger partial charge < -0.3 is 11.1 Å². The van der Waals surface area contributed by atoms with Crippen molar-refractivity contribution in [3.8, 4) is 0 Å². The maximum absolute atomic E-state index is 11.7. The summed E-state index contributed by atoms with van der Waals surface area (Å²) in [4.78, 5) is 22.5. The molecule has 0 aromatic heterocycles. The summed E-state index contributed by atoms with van der Waals surface area (Å²) in [6.45, 7) is 1.52. The number of halogens is 2. The number of nitrogens with one attached hydrogen (secondary N) is 1. The first-order valence-corrected chi connectivity index (χ1v) is 5.64. The van der Waals surface area contributed by atoms with Crippen molar-refractivity contribution in [1.29, 1.82) is 0 Å². The molecule has 0 unspecified atom stereocenters. The number of hydrogen-bond acceptors (Lipinski definition) is 2. The standard InChI is InChI=1S/C10H10BrClN2O2/c1-5(9(13)15)14-10(16)7-3-2-6(12)4-8(7)11/h2-5H,1H3,(H2,13,15)(H,14,16)/t5-/m1/s1. The number of benzene rings is 1. The smallest absolute Gasteiger partial charge is 0.253 e. The maximum atomic E-state index is 11.7. The molecule has 0 saturated heterocycles. The number of carbonyl (C=O) groups is 2. The maximum Gasteiger partial charge on any atom is 0.253 e. The van der Waals surface area contributed by atoms with Gasteiger partial charge in [-0.05, 0) is 41.1 Å². The average molecular weight is 306 g/mol. The van der Waals surface area contributed by atoms with E-state index >= 15 is 0 Å². The summed E-state index contributed by atoms with van der Waals surface area (Å²) in [5.74, 6) is -0.965. The number of primary amides is 1. The van der Waals surface area contributed by atoms with Crippen LogP contribution in [-0.4, -0.2) is 17.9 Å². The Balaban J connectivity index is 2.85. The highest BCUT2D eigenvalue weighted by Crippen LogP contribution is 2.21. The largest absolute Gasteiger partial charge is 0.368 e. The SMILES string of the molecule is C[C@@H](NC(=O)c1ccc(Cl)cc1Br)C(N)=O. The van der Waals surface area contributed by atoms with E-state index in [1.165, 1.54) is 6.92 Å². The van der Waals surface area contributed by atoms with Crippen LogP contribution in [0.25, 0.3) is 0 Å². The summed E-state index contributed by atoms with van der Waals surface area (Å²) in [6.07, 6.45) is 0. The third-order valence-electron chi connectivity index (χ3n) is 1.95. The zero-order valence-corrected chi connectivity index (χ0v) is 10.8. The van der Waals surface area contributed by atoms with Gasteiger partial charge >= 0.3 is 0 Å². The second-order valence-corrected chi connectivity index (χ2v) is 4.51. The van der Waals surface area contributed by atoms with E-state index in [9.17, 15) is 9.59 Å². The van der Waals surface area contributed by atoms with Gasteiger partial charge in [-0.2, -0.15) is 0 Å². The lowest BCUT2D eigenvalue weighted by atomic mass is 10.2. The molecule has 0 aliphatic rings. The third-order valence-corrected chi connectivity index (χ3v) is 2.84. The first-order valence-electron chi connectivity index (χ1n) is 4.47. The van der Waals surface area contributed by atoms with Gasteiger partial charge in [0.15, 0.2) is 0 Å². The Kier molecular flexibility index (Phi) is 4.32. The molecule has 4 nitrogen and oxygen atoms in total. The summed E-state index contributed by atoms with van der Waals surface area (Å²) in [7, 11) is 0. The number of amides is 2. The molecule has 1 atom stereocenters. The molecule has 0 radical (unpaired) electrons. The van der Waals surface area contributed by atoms with E-state index in [0.29, 0.717) is 15.1 Å². The molecular formula is C10H10BrClN2O2. The van der Waals surface area contributed by atoms with Crippen LogP contribution in [0.3, 0.4) is 0 Å². The van der Waals surface area contributed by atoms with Crippen molar-refractivity contribution in [2.75, 3.05) is 0 Å². The molecule has 0 fully saturated rings. The van der Waals surface area contributed by atoms with Crippen LogP contribution >= 0.6 is 27.5 Å². The minimum Gasteiger partial charge on any atom is -0.368 e. The predicted octanol–water partition coefficient (Wildman–Crippen LogP) is 1.71. The first kappa shape index (κ1) is 13.0.